The van der Waals surface area contributed by atoms with Crippen molar-refractivity contribution >= 4 is 21.4 Å². The Morgan fingerprint density at radius 1 is 1.26 bits per heavy atom. The van der Waals surface area contributed by atoms with Crippen LogP contribution >= 0.6 is 0 Å². The molecule has 1 aromatic heterocycles. The Morgan fingerprint density at radius 2 is 2.04 bits per heavy atom. The van der Waals surface area contributed by atoms with Gasteiger partial charge in [-0.2, -0.15) is 0 Å². The molecule has 146 valence electrons. The maximum atomic E-state index is 12.7. The summed E-state index contributed by atoms with van der Waals surface area (Å²) in [6.07, 6.45) is 1.14. The topological polar surface area (TPSA) is 80.1 Å². The molecule has 3 rings (SSSR count). The van der Waals surface area contributed by atoms with E-state index in [1.54, 1.807) is 24.1 Å². The maximum absolute atomic E-state index is 12.7. The number of amides is 1. The Labute approximate surface area is 159 Å². The van der Waals surface area contributed by atoms with E-state index in [0.717, 1.165) is 17.7 Å². The molecule has 2 aromatic rings. The average Bonchev–Trinajstić information content (AvgIpc) is 3.07. The fraction of sp³-hybridized carbons (Fsp3) is 0.421. The molecule has 1 aromatic carbocycles. The first-order chi connectivity index (χ1) is 12.8. The van der Waals surface area contributed by atoms with Crippen LogP contribution in [-0.2, 0) is 15.6 Å². The zero-order valence-corrected chi connectivity index (χ0v) is 16.5. The predicted molar refractivity (Wildman–Crippen MR) is 103 cm³/mol. The number of methoxy groups -OCH3 is 1. The number of furan rings is 1. The molecule has 1 fully saturated rings. The van der Waals surface area contributed by atoms with Crippen LogP contribution < -0.4 is 9.64 Å². The summed E-state index contributed by atoms with van der Waals surface area (Å²) in [5.41, 5.74) is 1.06. The van der Waals surface area contributed by atoms with Crippen molar-refractivity contribution in [2.24, 2.45) is 0 Å². The van der Waals surface area contributed by atoms with E-state index in [2.05, 4.69) is 11.8 Å². The van der Waals surface area contributed by atoms with Crippen molar-refractivity contribution < 1.29 is 22.4 Å². The van der Waals surface area contributed by atoms with Gasteiger partial charge in [-0.25, -0.2) is 8.42 Å². The number of carbonyl (C=O) groups is 1. The van der Waals surface area contributed by atoms with Gasteiger partial charge >= 0.3 is 0 Å². The summed E-state index contributed by atoms with van der Waals surface area (Å²) in [5.74, 6) is 0.832. The second-order valence-electron chi connectivity index (χ2n) is 6.83. The zero-order chi connectivity index (χ0) is 19.6. The van der Waals surface area contributed by atoms with Crippen LogP contribution in [0.4, 0.5) is 5.69 Å². The number of nitrogens with zero attached hydrogens (tertiary/aromatic N) is 2. The van der Waals surface area contributed by atoms with Crippen molar-refractivity contribution in [3.63, 3.8) is 0 Å². The summed E-state index contributed by atoms with van der Waals surface area (Å²) >= 11 is 0. The van der Waals surface area contributed by atoms with Crippen LogP contribution in [0.1, 0.15) is 23.2 Å². The molecule has 0 spiro atoms. The molecule has 1 aliphatic heterocycles. The van der Waals surface area contributed by atoms with Crippen molar-refractivity contribution in [2.75, 3.05) is 37.9 Å². The Kier molecular flexibility index (Phi) is 5.46. The largest absolute Gasteiger partial charge is 0.497 e. The fourth-order valence-corrected chi connectivity index (χ4v) is 3.97. The number of hydrogen-bond acceptors (Lipinski definition) is 6. The first kappa shape index (κ1) is 19.3. The molecule has 7 nitrogen and oxygen atoms in total. The summed E-state index contributed by atoms with van der Waals surface area (Å²) in [6.45, 7) is 3.87. The lowest BCUT2D eigenvalue weighted by molar-refractivity contribution is 0.0692. The molecular formula is C19H24N2O5S. The lowest BCUT2D eigenvalue weighted by Crippen LogP contribution is -2.53. The lowest BCUT2D eigenvalue weighted by atomic mass is 10.1. The number of carbonyl (C=O) groups excluding carboxylic acids is 1. The highest BCUT2D eigenvalue weighted by Gasteiger charge is 2.29. The third kappa shape index (κ3) is 4.63. The van der Waals surface area contributed by atoms with E-state index in [1.807, 2.05) is 24.3 Å². The van der Waals surface area contributed by atoms with Crippen molar-refractivity contribution in [3.05, 3.63) is 47.9 Å². The van der Waals surface area contributed by atoms with Gasteiger partial charge in [-0.15, -0.1) is 0 Å². The molecule has 0 bridgehead atoms. The molecule has 0 saturated carbocycles. The van der Waals surface area contributed by atoms with E-state index in [1.165, 1.54) is 0 Å². The zero-order valence-electron chi connectivity index (χ0n) is 15.7. The van der Waals surface area contributed by atoms with E-state index in [-0.39, 0.29) is 29.2 Å². The van der Waals surface area contributed by atoms with Crippen LogP contribution in [0.5, 0.6) is 5.75 Å². The number of benzene rings is 1. The van der Waals surface area contributed by atoms with Crippen LogP contribution in [0.2, 0.25) is 0 Å². The van der Waals surface area contributed by atoms with Gasteiger partial charge in [0.05, 0.1) is 7.11 Å². The number of piperazine rings is 1. The first-order valence-electron chi connectivity index (χ1n) is 8.73. The number of hydrogen-bond donors (Lipinski definition) is 0. The highest BCUT2D eigenvalue weighted by atomic mass is 32.2. The molecule has 0 radical (unpaired) electrons. The van der Waals surface area contributed by atoms with Crippen LogP contribution in [0.3, 0.4) is 0 Å². The molecule has 1 saturated heterocycles. The molecule has 0 aliphatic carbocycles. The van der Waals surface area contributed by atoms with Crippen molar-refractivity contribution in [2.45, 2.75) is 18.7 Å². The maximum Gasteiger partial charge on any atom is 0.289 e. The monoisotopic (exact) mass is 392 g/mol. The summed E-state index contributed by atoms with van der Waals surface area (Å²) in [5, 5.41) is 0. The highest BCUT2D eigenvalue weighted by molar-refractivity contribution is 7.89. The minimum atomic E-state index is -3.20. The number of rotatable bonds is 5. The van der Waals surface area contributed by atoms with Gasteiger partial charge in [0.2, 0.25) is 0 Å². The van der Waals surface area contributed by atoms with Gasteiger partial charge in [0.25, 0.3) is 5.91 Å². The van der Waals surface area contributed by atoms with E-state index in [4.69, 9.17) is 9.15 Å². The number of sulfone groups is 1. The fourth-order valence-electron chi connectivity index (χ4n) is 3.30. The molecule has 2 heterocycles. The highest BCUT2D eigenvalue weighted by Crippen LogP contribution is 2.25. The van der Waals surface area contributed by atoms with Gasteiger partial charge in [-0.05, 0) is 31.2 Å². The van der Waals surface area contributed by atoms with Gasteiger partial charge in [0.15, 0.2) is 15.6 Å². The van der Waals surface area contributed by atoms with Crippen LogP contribution in [0, 0.1) is 0 Å². The van der Waals surface area contributed by atoms with Gasteiger partial charge in [-0.1, -0.05) is 6.07 Å². The molecular weight excluding hydrogens is 368 g/mol. The molecule has 1 amide bonds. The summed E-state index contributed by atoms with van der Waals surface area (Å²) in [4.78, 5) is 16.7. The van der Waals surface area contributed by atoms with Crippen molar-refractivity contribution in [1.29, 1.82) is 0 Å². The minimum Gasteiger partial charge on any atom is -0.497 e. The Hall–Kier alpha value is -2.48. The predicted octanol–water partition coefficient (Wildman–Crippen LogP) is 2.18. The SMILES string of the molecule is COc1cccc(N2CCN(C(=O)c3ccc(CS(C)(=O)=O)o3)C[C@@H]2C)c1. The van der Waals surface area contributed by atoms with Gasteiger partial charge in [0, 0.05) is 43.7 Å². The lowest BCUT2D eigenvalue weighted by Gasteiger charge is -2.41. The van der Waals surface area contributed by atoms with E-state index in [0.29, 0.717) is 19.6 Å². The van der Waals surface area contributed by atoms with Gasteiger partial charge in [-0.3, -0.25) is 4.79 Å². The minimum absolute atomic E-state index is 0.125. The quantitative estimate of drug-likeness (QED) is 0.776. The molecule has 1 atom stereocenters. The smallest absolute Gasteiger partial charge is 0.289 e. The number of anilines is 1. The van der Waals surface area contributed by atoms with E-state index in [9.17, 15) is 13.2 Å². The Morgan fingerprint density at radius 3 is 2.70 bits per heavy atom. The standard InChI is InChI=1S/C19H24N2O5S/c1-14-12-20(9-10-21(14)15-5-4-6-16(11-15)25-2)19(22)18-8-7-17(26-18)13-27(3,23)24/h4-8,11,14H,9-10,12-13H2,1-3H3/t14-/m0/s1. The van der Waals surface area contributed by atoms with Crippen molar-refractivity contribution in [3.8, 4) is 5.75 Å². The Balaban J connectivity index is 1.67. The Bertz CT molecular complexity index is 922. The summed E-state index contributed by atoms with van der Waals surface area (Å²) in [6, 6.07) is 11.1. The molecule has 27 heavy (non-hydrogen) atoms. The molecule has 1 aliphatic rings. The summed E-state index contributed by atoms with van der Waals surface area (Å²) < 4.78 is 33.5. The number of ether oxygens (including phenoxy) is 1. The van der Waals surface area contributed by atoms with Gasteiger partial charge in [0.1, 0.15) is 17.3 Å². The second kappa shape index (κ2) is 7.64. The first-order valence-corrected chi connectivity index (χ1v) is 10.8. The average molecular weight is 392 g/mol. The summed E-state index contributed by atoms with van der Waals surface area (Å²) in [7, 11) is -1.56. The van der Waals surface area contributed by atoms with E-state index < -0.39 is 9.84 Å². The van der Waals surface area contributed by atoms with Gasteiger partial charge < -0.3 is 19.0 Å². The van der Waals surface area contributed by atoms with Crippen molar-refractivity contribution in [1.82, 2.24) is 4.90 Å². The molecule has 0 N–H and O–H groups in total. The third-order valence-electron chi connectivity index (χ3n) is 4.58. The second-order valence-corrected chi connectivity index (χ2v) is 8.97. The molecule has 8 heteroatoms. The van der Waals surface area contributed by atoms with Crippen LogP contribution in [0.25, 0.3) is 0 Å². The molecule has 0 unspecified atom stereocenters. The van der Waals surface area contributed by atoms with Crippen LogP contribution in [-0.4, -0.2) is 58.3 Å². The normalized spacial score (nSPS) is 17.8. The van der Waals surface area contributed by atoms with E-state index >= 15 is 0 Å². The van der Waals surface area contributed by atoms with Crippen LogP contribution in [0.15, 0.2) is 40.8 Å². The third-order valence-corrected chi connectivity index (χ3v) is 5.39.